The van der Waals surface area contributed by atoms with E-state index < -0.39 is 0 Å². The summed E-state index contributed by atoms with van der Waals surface area (Å²) in [7, 11) is 0. The molecule has 0 aromatic carbocycles. The lowest BCUT2D eigenvalue weighted by molar-refractivity contribution is 0.982. The summed E-state index contributed by atoms with van der Waals surface area (Å²) in [5, 5.41) is 12.0. The number of aromatic nitrogens is 3. The van der Waals surface area contributed by atoms with Crippen LogP contribution in [0.2, 0.25) is 0 Å². The summed E-state index contributed by atoms with van der Waals surface area (Å²) in [5.74, 6) is 0. The van der Waals surface area contributed by atoms with Crippen LogP contribution in [0.4, 0.5) is 5.69 Å². The van der Waals surface area contributed by atoms with E-state index >= 15 is 0 Å². The second-order valence-electron chi connectivity index (χ2n) is 3.54. The molecule has 5 heteroatoms. The minimum atomic E-state index is 0.521. The van der Waals surface area contributed by atoms with Gasteiger partial charge >= 0.3 is 0 Å². The van der Waals surface area contributed by atoms with E-state index in [4.69, 9.17) is 5.26 Å². The number of hydrogen-bond acceptors (Lipinski definition) is 5. The molecule has 0 radical (unpaired) electrons. The summed E-state index contributed by atoms with van der Waals surface area (Å²) in [4.78, 5) is 12.3. The first-order valence-electron chi connectivity index (χ1n) is 5.15. The Morgan fingerprint density at radius 3 is 2.88 bits per heavy atom. The Kier molecular flexibility index (Phi) is 3.26. The van der Waals surface area contributed by atoms with Crippen molar-refractivity contribution in [1.82, 2.24) is 15.0 Å². The molecule has 0 unspecified atom stereocenters. The van der Waals surface area contributed by atoms with Gasteiger partial charge in [-0.25, -0.2) is 0 Å². The zero-order chi connectivity index (χ0) is 12.1. The maximum absolute atomic E-state index is 8.91. The highest BCUT2D eigenvalue weighted by Crippen LogP contribution is 2.12. The van der Waals surface area contributed by atoms with Crippen LogP contribution in [0, 0.1) is 18.3 Å². The summed E-state index contributed by atoms with van der Waals surface area (Å²) < 4.78 is 0. The van der Waals surface area contributed by atoms with Crippen molar-refractivity contribution >= 4 is 5.69 Å². The molecule has 2 rings (SSSR count). The topological polar surface area (TPSA) is 74.5 Å². The fourth-order valence-corrected chi connectivity index (χ4v) is 1.33. The molecular formula is C12H11N5. The lowest BCUT2D eigenvalue weighted by Gasteiger charge is -2.06. The quantitative estimate of drug-likeness (QED) is 0.859. The van der Waals surface area contributed by atoms with Crippen LogP contribution in [0.1, 0.15) is 17.0 Å². The molecule has 0 fully saturated rings. The van der Waals surface area contributed by atoms with Crippen LogP contribution in [0.3, 0.4) is 0 Å². The van der Waals surface area contributed by atoms with Crippen LogP contribution in [0.25, 0.3) is 0 Å². The van der Waals surface area contributed by atoms with Gasteiger partial charge in [-0.3, -0.25) is 15.0 Å². The number of anilines is 1. The number of nitrogens with one attached hydrogen (secondary N) is 1. The van der Waals surface area contributed by atoms with Gasteiger partial charge in [0.2, 0.25) is 0 Å². The standard InChI is InChI=1S/C12H11N5/c1-9-5-16-11(6-15-9)7-17-12-8-14-3-2-10(12)4-13/h2-3,5-6,8,17H,7H2,1H3. The van der Waals surface area contributed by atoms with Gasteiger partial charge < -0.3 is 5.32 Å². The third-order valence-corrected chi connectivity index (χ3v) is 2.24. The molecule has 0 saturated heterocycles. The summed E-state index contributed by atoms with van der Waals surface area (Å²) in [6.07, 6.45) is 6.64. The van der Waals surface area contributed by atoms with Crippen LogP contribution in [-0.4, -0.2) is 15.0 Å². The molecule has 17 heavy (non-hydrogen) atoms. The van der Waals surface area contributed by atoms with Gasteiger partial charge in [0.15, 0.2) is 0 Å². The Labute approximate surface area is 99.2 Å². The molecule has 0 bridgehead atoms. The SMILES string of the molecule is Cc1cnc(CNc2cnccc2C#N)cn1. The van der Waals surface area contributed by atoms with Crippen molar-refractivity contribution in [1.29, 1.82) is 5.26 Å². The third kappa shape index (κ3) is 2.75. The second kappa shape index (κ2) is 5.03. The van der Waals surface area contributed by atoms with Gasteiger partial charge in [-0.15, -0.1) is 0 Å². The van der Waals surface area contributed by atoms with Crippen molar-refractivity contribution in [3.05, 3.63) is 47.8 Å². The highest BCUT2D eigenvalue weighted by atomic mass is 14.9. The highest BCUT2D eigenvalue weighted by molar-refractivity contribution is 5.55. The number of rotatable bonds is 3. The van der Waals surface area contributed by atoms with Crippen molar-refractivity contribution < 1.29 is 0 Å². The van der Waals surface area contributed by atoms with Gasteiger partial charge in [-0.2, -0.15) is 5.26 Å². The zero-order valence-electron chi connectivity index (χ0n) is 9.38. The predicted molar refractivity (Wildman–Crippen MR) is 63.0 cm³/mol. The zero-order valence-corrected chi connectivity index (χ0v) is 9.38. The van der Waals surface area contributed by atoms with Gasteiger partial charge in [0.1, 0.15) is 6.07 Å². The molecule has 5 nitrogen and oxygen atoms in total. The first kappa shape index (κ1) is 11.0. The fourth-order valence-electron chi connectivity index (χ4n) is 1.33. The third-order valence-electron chi connectivity index (χ3n) is 2.24. The number of nitrogens with zero attached hydrogens (tertiary/aromatic N) is 4. The number of nitriles is 1. The van der Waals surface area contributed by atoms with E-state index in [0.29, 0.717) is 17.8 Å². The van der Waals surface area contributed by atoms with Crippen LogP contribution in [0.5, 0.6) is 0 Å². The minimum Gasteiger partial charge on any atom is -0.377 e. The molecule has 0 saturated carbocycles. The van der Waals surface area contributed by atoms with Gasteiger partial charge in [-0.05, 0) is 13.0 Å². The Morgan fingerprint density at radius 2 is 2.18 bits per heavy atom. The van der Waals surface area contributed by atoms with Crippen molar-refractivity contribution in [2.24, 2.45) is 0 Å². The predicted octanol–water partition coefficient (Wildman–Crippen LogP) is 1.66. The average molecular weight is 225 g/mol. The molecule has 0 aliphatic carbocycles. The Hall–Kier alpha value is -2.48. The monoisotopic (exact) mass is 225 g/mol. The maximum Gasteiger partial charge on any atom is 0.101 e. The minimum absolute atomic E-state index is 0.521. The summed E-state index contributed by atoms with van der Waals surface area (Å²) in [6.45, 7) is 2.41. The number of pyridine rings is 1. The van der Waals surface area contributed by atoms with Gasteiger partial charge in [0, 0.05) is 12.4 Å². The van der Waals surface area contributed by atoms with E-state index in [1.807, 2.05) is 6.92 Å². The molecule has 2 heterocycles. The summed E-state index contributed by atoms with van der Waals surface area (Å²) in [6, 6.07) is 3.77. The second-order valence-corrected chi connectivity index (χ2v) is 3.54. The van der Waals surface area contributed by atoms with Crippen molar-refractivity contribution in [3.8, 4) is 6.07 Å². The van der Waals surface area contributed by atoms with Crippen LogP contribution in [-0.2, 0) is 6.54 Å². The van der Waals surface area contributed by atoms with E-state index in [-0.39, 0.29) is 0 Å². The Bertz CT molecular complexity index is 542. The van der Waals surface area contributed by atoms with Crippen LogP contribution < -0.4 is 5.32 Å². The van der Waals surface area contributed by atoms with Gasteiger partial charge in [0.25, 0.3) is 0 Å². The normalized spacial score (nSPS) is 9.65. The van der Waals surface area contributed by atoms with Crippen molar-refractivity contribution in [3.63, 3.8) is 0 Å². The fraction of sp³-hybridized carbons (Fsp3) is 0.167. The molecule has 2 aromatic heterocycles. The molecule has 0 aliphatic rings. The highest BCUT2D eigenvalue weighted by Gasteiger charge is 2.01. The van der Waals surface area contributed by atoms with Gasteiger partial charge in [0.05, 0.1) is 41.6 Å². The first-order chi connectivity index (χ1) is 8.29. The van der Waals surface area contributed by atoms with E-state index in [0.717, 1.165) is 11.4 Å². The van der Waals surface area contributed by atoms with Crippen LogP contribution >= 0.6 is 0 Å². The summed E-state index contributed by atoms with van der Waals surface area (Å²) in [5.41, 5.74) is 2.98. The molecule has 84 valence electrons. The Morgan fingerprint density at radius 1 is 1.29 bits per heavy atom. The van der Waals surface area contributed by atoms with Crippen molar-refractivity contribution in [2.75, 3.05) is 5.32 Å². The average Bonchev–Trinajstić information content (AvgIpc) is 2.38. The van der Waals surface area contributed by atoms with E-state index in [9.17, 15) is 0 Å². The largest absolute Gasteiger partial charge is 0.377 e. The molecule has 0 amide bonds. The lowest BCUT2D eigenvalue weighted by atomic mass is 10.2. The molecule has 1 N–H and O–H groups in total. The smallest absolute Gasteiger partial charge is 0.101 e. The Balaban J connectivity index is 2.08. The van der Waals surface area contributed by atoms with E-state index in [2.05, 4.69) is 26.3 Å². The lowest BCUT2D eigenvalue weighted by Crippen LogP contribution is -2.04. The van der Waals surface area contributed by atoms with E-state index in [1.54, 1.807) is 30.9 Å². The number of aryl methyl sites for hydroxylation is 1. The first-order valence-corrected chi connectivity index (χ1v) is 5.15. The van der Waals surface area contributed by atoms with E-state index in [1.165, 1.54) is 0 Å². The molecule has 0 atom stereocenters. The van der Waals surface area contributed by atoms with Crippen LogP contribution in [0.15, 0.2) is 30.9 Å². The van der Waals surface area contributed by atoms with Gasteiger partial charge in [-0.1, -0.05) is 0 Å². The van der Waals surface area contributed by atoms with Crippen molar-refractivity contribution in [2.45, 2.75) is 13.5 Å². The maximum atomic E-state index is 8.91. The molecule has 0 spiro atoms. The summed E-state index contributed by atoms with van der Waals surface area (Å²) >= 11 is 0. The molecular weight excluding hydrogens is 214 g/mol. The molecule has 0 aliphatic heterocycles. The number of hydrogen-bond donors (Lipinski definition) is 1. The molecule has 2 aromatic rings.